The van der Waals surface area contributed by atoms with E-state index in [1.807, 2.05) is 10.6 Å². The van der Waals surface area contributed by atoms with Crippen molar-refractivity contribution in [2.45, 2.75) is 6.54 Å². The number of hydrogen-bond donors (Lipinski definition) is 1. The zero-order valence-corrected chi connectivity index (χ0v) is 18.5. The second kappa shape index (κ2) is 8.89. The molecule has 0 saturated carbocycles. The van der Waals surface area contributed by atoms with Crippen LogP contribution in [-0.4, -0.2) is 74.7 Å². The molecule has 1 N–H and O–H groups in total. The van der Waals surface area contributed by atoms with Crippen LogP contribution < -0.4 is 4.90 Å². The third-order valence-corrected chi connectivity index (χ3v) is 6.21. The maximum absolute atomic E-state index is 11.7. The highest BCUT2D eigenvalue weighted by molar-refractivity contribution is 6.31. The number of halogens is 1. The molecule has 0 spiro atoms. The van der Waals surface area contributed by atoms with E-state index in [1.165, 1.54) is 6.07 Å². The molecule has 5 rings (SSSR count). The van der Waals surface area contributed by atoms with Crippen LogP contribution in [0.5, 0.6) is 0 Å². The van der Waals surface area contributed by atoms with E-state index in [1.54, 1.807) is 30.3 Å². The fourth-order valence-electron chi connectivity index (χ4n) is 4.37. The second-order valence-corrected chi connectivity index (χ2v) is 8.34. The molecule has 0 amide bonds. The van der Waals surface area contributed by atoms with Crippen molar-refractivity contribution in [2.75, 3.05) is 44.2 Å². The highest BCUT2D eigenvalue weighted by Crippen LogP contribution is 2.33. The number of aromatic nitrogens is 3. The van der Waals surface area contributed by atoms with E-state index in [0.717, 1.165) is 31.9 Å². The average molecular weight is 468 g/mol. The van der Waals surface area contributed by atoms with Crippen LogP contribution in [0.2, 0.25) is 5.02 Å². The summed E-state index contributed by atoms with van der Waals surface area (Å²) in [7, 11) is 0. The fraction of sp³-hybridized carbons (Fsp3) is 0.318. The number of anilines is 1. The maximum Gasteiger partial charge on any atom is 0.278 e. The molecular formula is C22H22ClN7O3. The van der Waals surface area contributed by atoms with Gasteiger partial charge in [-0.25, -0.2) is 0 Å². The van der Waals surface area contributed by atoms with Crippen LogP contribution >= 0.6 is 11.6 Å². The van der Waals surface area contributed by atoms with E-state index in [-0.39, 0.29) is 18.8 Å². The lowest BCUT2D eigenvalue weighted by Crippen LogP contribution is -2.48. The van der Waals surface area contributed by atoms with Crippen molar-refractivity contribution >= 4 is 28.9 Å². The maximum atomic E-state index is 11.7. The van der Waals surface area contributed by atoms with Crippen molar-refractivity contribution in [2.24, 2.45) is 4.99 Å². The van der Waals surface area contributed by atoms with Gasteiger partial charge in [0.1, 0.15) is 6.54 Å². The van der Waals surface area contributed by atoms with Crippen molar-refractivity contribution in [1.82, 2.24) is 19.7 Å². The molecule has 0 bridgehead atoms. The van der Waals surface area contributed by atoms with E-state index < -0.39 is 4.92 Å². The highest BCUT2D eigenvalue weighted by atomic mass is 35.5. The Morgan fingerprint density at radius 2 is 1.85 bits per heavy atom. The Kier molecular flexibility index (Phi) is 5.79. The zero-order valence-electron chi connectivity index (χ0n) is 17.8. The van der Waals surface area contributed by atoms with Gasteiger partial charge in [0.05, 0.1) is 28.5 Å². The van der Waals surface area contributed by atoms with Gasteiger partial charge in [-0.05, 0) is 24.3 Å². The summed E-state index contributed by atoms with van der Waals surface area (Å²) >= 11 is 6.35. The molecule has 1 aromatic heterocycles. The van der Waals surface area contributed by atoms with Crippen LogP contribution in [-0.2, 0) is 6.54 Å². The second-order valence-electron chi connectivity index (χ2n) is 7.90. The molecule has 0 aliphatic carbocycles. The van der Waals surface area contributed by atoms with Gasteiger partial charge in [-0.15, -0.1) is 10.2 Å². The van der Waals surface area contributed by atoms with Crippen LogP contribution in [0.15, 0.2) is 47.5 Å². The number of nitro benzene ring substituents is 1. The SMILES string of the molecule is O=[N+]([O-])c1ccccc1C1=NCc2nnc(N3CCN(CCO)CC3)n2-c2ccc(Cl)cc21. The summed E-state index contributed by atoms with van der Waals surface area (Å²) in [4.78, 5) is 20.4. The zero-order chi connectivity index (χ0) is 22.9. The molecule has 3 heterocycles. The van der Waals surface area contributed by atoms with Crippen LogP contribution in [0, 0.1) is 10.1 Å². The van der Waals surface area contributed by atoms with E-state index >= 15 is 0 Å². The monoisotopic (exact) mass is 467 g/mol. The number of nitrogens with zero attached hydrogens (tertiary/aromatic N) is 7. The van der Waals surface area contributed by atoms with Crippen LogP contribution in [0.25, 0.3) is 5.69 Å². The first-order valence-corrected chi connectivity index (χ1v) is 11.1. The highest BCUT2D eigenvalue weighted by Gasteiger charge is 2.29. The predicted octanol–water partition coefficient (Wildman–Crippen LogP) is 2.29. The lowest BCUT2D eigenvalue weighted by atomic mass is 9.99. The average Bonchev–Trinajstić information content (AvgIpc) is 3.17. The number of rotatable bonds is 5. The molecule has 1 fully saturated rings. The molecule has 11 heteroatoms. The molecular weight excluding hydrogens is 446 g/mol. The van der Waals surface area contributed by atoms with Gasteiger partial charge < -0.3 is 10.0 Å². The minimum Gasteiger partial charge on any atom is -0.395 e. The Hall–Kier alpha value is -3.34. The van der Waals surface area contributed by atoms with Crippen LogP contribution in [0.1, 0.15) is 17.0 Å². The molecule has 0 unspecified atom stereocenters. The number of nitro groups is 1. The molecule has 2 aliphatic rings. The Labute approximate surface area is 194 Å². The van der Waals surface area contributed by atoms with E-state index in [0.29, 0.717) is 40.2 Å². The standard InChI is InChI=1S/C22H22ClN7O3/c23-15-5-6-18-17(13-15)21(16-3-1-2-4-19(16)30(32)33)24-14-20-25-26-22(29(18)20)28-9-7-27(8-10-28)11-12-31/h1-6,13,31H,7-12,14H2. The molecule has 3 aromatic rings. The third-order valence-electron chi connectivity index (χ3n) is 5.97. The number of hydrogen-bond acceptors (Lipinski definition) is 8. The Bertz CT molecular complexity index is 1230. The van der Waals surface area contributed by atoms with Gasteiger partial charge in [-0.3, -0.25) is 24.6 Å². The summed E-state index contributed by atoms with van der Waals surface area (Å²) in [6, 6.07) is 12.0. The lowest BCUT2D eigenvalue weighted by Gasteiger charge is -2.35. The van der Waals surface area contributed by atoms with Gasteiger partial charge in [0.25, 0.3) is 5.69 Å². The Morgan fingerprint density at radius 1 is 1.06 bits per heavy atom. The number of fused-ring (bicyclic) bond motifs is 3. The molecule has 0 atom stereocenters. The van der Waals surface area contributed by atoms with Crippen molar-refractivity contribution in [1.29, 1.82) is 0 Å². The van der Waals surface area contributed by atoms with Crippen molar-refractivity contribution < 1.29 is 10.0 Å². The molecule has 0 radical (unpaired) electrons. The summed E-state index contributed by atoms with van der Waals surface area (Å²) in [6.45, 7) is 4.14. The summed E-state index contributed by atoms with van der Waals surface area (Å²) in [6.07, 6.45) is 0. The first kappa shape index (κ1) is 21.5. The summed E-state index contributed by atoms with van der Waals surface area (Å²) < 4.78 is 1.97. The molecule has 10 nitrogen and oxygen atoms in total. The van der Waals surface area contributed by atoms with Gasteiger partial charge >= 0.3 is 0 Å². The van der Waals surface area contributed by atoms with Crippen molar-refractivity contribution in [3.05, 3.63) is 74.6 Å². The van der Waals surface area contributed by atoms with Crippen LogP contribution in [0.3, 0.4) is 0 Å². The molecule has 170 valence electrons. The third kappa shape index (κ3) is 3.97. The summed E-state index contributed by atoms with van der Waals surface area (Å²) in [5.41, 5.74) is 2.39. The van der Waals surface area contributed by atoms with Crippen molar-refractivity contribution in [3.8, 4) is 5.69 Å². The number of β-amino-alcohol motifs (C(OH)–C–C–N with tert-alkyl or cyclic N) is 1. The van der Waals surface area contributed by atoms with Gasteiger partial charge in [-0.1, -0.05) is 23.7 Å². The fourth-order valence-corrected chi connectivity index (χ4v) is 4.54. The largest absolute Gasteiger partial charge is 0.395 e. The molecule has 2 aromatic carbocycles. The number of aliphatic imine (C=N–C) groups is 1. The number of para-hydroxylation sites is 1. The number of aliphatic hydroxyl groups is 1. The number of aliphatic hydroxyl groups excluding tert-OH is 1. The topological polar surface area (TPSA) is 113 Å². The van der Waals surface area contributed by atoms with E-state index in [2.05, 4.69) is 20.0 Å². The molecule has 33 heavy (non-hydrogen) atoms. The van der Waals surface area contributed by atoms with E-state index in [4.69, 9.17) is 16.6 Å². The lowest BCUT2D eigenvalue weighted by molar-refractivity contribution is -0.385. The van der Waals surface area contributed by atoms with Gasteiger partial charge in [0, 0.05) is 49.4 Å². The Morgan fingerprint density at radius 3 is 2.61 bits per heavy atom. The first-order chi connectivity index (χ1) is 16.1. The minimum atomic E-state index is -0.398. The minimum absolute atomic E-state index is 0.0138. The first-order valence-electron chi connectivity index (χ1n) is 10.7. The Balaban J connectivity index is 1.60. The summed E-state index contributed by atoms with van der Waals surface area (Å²) in [5, 5.41) is 30.3. The van der Waals surface area contributed by atoms with E-state index in [9.17, 15) is 15.2 Å². The smallest absolute Gasteiger partial charge is 0.278 e. The normalized spacial score (nSPS) is 16.1. The summed E-state index contributed by atoms with van der Waals surface area (Å²) in [5.74, 6) is 1.36. The number of benzene rings is 2. The van der Waals surface area contributed by atoms with Crippen LogP contribution in [0.4, 0.5) is 11.6 Å². The predicted molar refractivity (Wildman–Crippen MR) is 125 cm³/mol. The number of piperazine rings is 1. The van der Waals surface area contributed by atoms with Gasteiger partial charge in [0.15, 0.2) is 5.82 Å². The quantitative estimate of drug-likeness (QED) is 0.452. The molecule has 1 saturated heterocycles. The van der Waals surface area contributed by atoms with Gasteiger partial charge in [0.2, 0.25) is 5.95 Å². The molecule has 2 aliphatic heterocycles. The van der Waals surface area contributed by atoms with Crippen molar-refractivity contribution in [3.63, 3.8) is 0 Å². The van der Waals surface area contributed by atoms with Gasteiger partial charge in [-0.2, -0.15) is 0 Å².